The summed E-state index contributed by atoms with van der Waals surface area (Å²) in [5.41, 5.74) is 0.649. The summed E-state index contributed by atoms with van der Waals surface area (Å²) in [7, 11) is 0. The van der Waals surface area contributed by atoms with Gasteiger partial charge in [0.05, 0.1) is 11.3 Å². The van der Waals surface area contributed by atoms with E-state index in [2.05, 4.69) is 10.2 Å². The van der Waals surface area contributed by atoms with E-state index >= 15 is 0 Å². The molecule has 0 fully saturated rings. The Balaban J connectivity index is 2.46. The Hall–Kier alpha value is -2.68. The third kappa shape index (κ3) is 1.99. The Labute approximate surface area is 95.1 Å². The standard InChI is InChI=1S/C11H6FN3O2/c12-8-2-1-6(3-7(8)5-13)9-4-10(11(16)17)15-14-9/h1-4H,(H,14,15)(H,16,17). The Morgan fingerprint density at radius 3 is 2.82 bits per heavy atom. The van der Waals surface area contributed by atoms with Gasteiger partial charge in [-0.25, -0.2) is 9.18 Å². The predicted octanol–water partition coefficient (Wildman–Crippen LogP) is 1.79. The highest BCUT2D eigenvalue weighted by atomic mass is 19.1. The van der Waals surface area contributed by atoms with Crippen LogP contribution in [-0.4, -0.2) is 21.3 Å². The maximum absolute atomic E-state index is 13.1. The quantitative estimate of drug-likeness (QED) is 0.824. The molecule has 5 nitrogen and oxygen atoms in total. The lowest BCUT2D eigenvalue weighted by Crippen LogP contribution is -1.95. The Morgan fingerprint density at radius 2 is 2.24 bits per heavy atom. The number of H-pyrrole nitrogens is 1. The van der Waals surface area contributed by atoms with Crippen LogP contribution in [0.3, 0.4) is 0 Å². The monoisotopic (exact) mass is 231 g/mol. The summed E-state index contributed by atoms with van der Waals surface area (Å²) in [5.74, 6) is -1.75. The molecule has 2 N–H and O–H groups in total. The number of rotatable bonds is 2. The van der Waals surface area contributed by atoms with Gasteiger partial charge in [-0.3, -0.25) is 5.10 Å². The molecule has 1 heterocycles. The maximum Gasteiger partial charge on any atom is 0.353 e. The van der Waals surface area contributed by atoms with Crippen molar-refractivity contribution < 1.29 is 14.3 Å². The van der Waals surface area contributed by atoms with Crippen molar-refractivity contribution in [3.05, 3.63) is 41.3 Å². The topological polar surface area (TPSA) is 89.8 Å². The van der Waals surface area contributed by atoms with E-state index in [0.717, 1.165) is 6.07 Å². The van der Waals surface area contributed by atoms with Crippen molar-refractivity contribution in [2.75, 3.05) is 0 Å². The van der Waals surface area contributed by atoms with E-state index in [1.807, 2.05) is 0 Å². The van der Waals surface area contributed by atoms with Crippen molar-refractivity contribution >= 4 is 5.97 Å². The number of aromatic carboxylic acids is 1. The molecule has 0 aliphatic rings. The molecule has 0 spiro atoms. The van der Waals surface area contributed by atoms with Crippen LogP contribution in [-0.2, 0) is 0 Å². The predicted molar refractivity (Wildman–Crippen MR) is 55.7 cm³/mol. The van der Waals surface area contributed by atoms with Crippen LogP contribution in [0.1, 0.15) is 16.1 Å². The molecule has 0 bridgehead atoms. The second-order valence-electron chi connectivity index (χ2n) is 3.28. The van der Waals surface area contributed by atoms with Crippen molar-refractivity contribution in [1.82, 2.24) is 10.2 Å². The first-order valence-electron chi connectivity index (χ1n) is 4.60. The second kappa shape index (κ2) is 4.06. The zero-order chi connectivity index (χ0) is 12.4. The van der Waals surface area contributed by atoms with Gasteiger partial charge in [0.1, 0.15) is 17.6 Å². The fraction of sp³-hybridized carbons (Fsp3) is 0. The fourth-order valence-electron chi connectivity index (χ4n) is 1.35. The van der Waals surface area contributed by atoms with Crippen molar-refractivity contribution in [2.24, 2.45) is 0 Å². The summed E-state index contributed by atoms with van der Waals surface area (Å²) in [6.45, 7) is 0. The van der Waals surface area contributed by atoms with Gasteiger partial charge in [-0.15, -0.1) is 0 Å². The third-order valence-corrected chi connectivity index (χ3v) is 2.19. The van der Waals surface area contributed by atoms with Crippen molar-refractivity contribution in [3.8, 4) is 17.3 Å². The molecule has 0 saturated carbocycles. The largest absolute Gasteiger partial charge is 0.477 e. The molecule has 0 aliphatic heterocycles. The van der Waals surface area contributed by atoms with Crippen LogP contribution in [0.15, 0.2) is 24.3 Å². The summed E-state index contributed by atoms with van der Waals surface area (Å²) in [6, 6.07) is 6.91. The molecule has 17 heavy (non-hydrogen) atoms. The van der Waals surface area contributed by atoms with Gasteiger partial charge in [0, 0.05) is 5.56 Å². The first-order chi connectivity index (χ1) is 8.11. The Bertz CT molecular complexity index is 628. The van der Waals surface area contributed by atoms with Crippen LogP contribution in [0, 0.1) is 17.1 Å². The van der Waals surface area contributed by atoms with E-state index in [1.165, 1.54) is 18.2 Å². The zero-order valence-corrected chi connectivity index (χ0v) is 8.44. The van der Waals surface area contributed by atoms with Crippen LogP contribution in [0.25, 0.3) is 11.3 Å². The average molecular weight is 231 g/mol. The van der Waals surface area contributed by atoms with Gasteiger partial charge in [-0.05, 0) is 24.3 Å². The van der Waals surface area contributed by atoms with Crippen LogP contribution in [0.4, 0.5) is 4.39 Å². The molecular formula is C11H6FN3O2. The number of carboxylic acids is 1. The lowest BCUT2D eigenvalue weighted by molar-refractivity contribution is 0.0690. The lowest BCUT2D eigenvalue weighted by Gasteiger charge is -1.97. The molecule has 0 unspecified atom stereocenters. The smallest absolute Gasteiger partial charge is 0.353 e. The number of aromatic amines is 1. The van der Waals surface area contributed by atoms with Crippen LogP contribution in [0.5, 0.6) is 0 Å². The molecule has 84 valence electrons. The van der Waals surface area contributed by atoms with E-state index in [0.29, 0.717) is 11.3 Å². The molecule has 1 aromatic heterocycles. The molecule has 0 atom stereocenters. The zero-order valence-electron chi connectivity index (χ0n) is 8.44. The van der Waals surface area contributed by atoms with E-state index in [1.54, 1.807) is 6.07 Å². The van der Waals surface area contributed by atoms with E-state index < -0.39 is 11.8 Å². The first kappa shape index (κ1) is 10.8. The first-order valence-corrected chi connectivity index (χ1v) is 4.60. The molecule has 2 aromatic rings. The van der Waals surface area contributed by atoms with Crippen molar-refractivity contribution in [3.63, 3.8) is 0 Å². The molecule has 2 rings (SSSR count). The Kier molecular flexibility index (Phi) is 2.58. The summed E-state index contributed by atoms with van der Waals surface area (Å²) >= 11 is 0. The van der Waals surface area contributed by atoms with Gasteiger partial charge in [-0.1, -0.05) is 0 Å². The number of halogens is 1. The van der Waals surface area contributed by atoms with Crippen molar-refractivity contribution in [1.29, 1.82) is 5.26 Å². The highest BCUT2D eigenvalue weighted by Gasteiger charge is 2.10. The number of carbonyl (C=O) groups is 1. The molecule has 1 aromatic carbocycles. The molecular weight excluding hydrogens is 225 g/mol. The summed E-state index contributed by atoms with van der Waals surface area (Å²) in [4.78, 5) is 10.6. The van der Waals surface area contributed by atoms with Crippen molar-refractivity contribution in [2.45, 2.75) is 0 Å². The number of benzene rings is 1. The summed E-state index contributed by atoms with van der Waals surface area (Å²) in [6.07, 6.45) is 0. The number of aromatic nitrogens is 2. The average Bonchev–Trinajstić information content (AvgIpc) is 2.79. The van der Waals surface area contributed by atoms with Crippen LogP contribution in [0.2, 0.25) is 0 Å². The van der Waals surface area contributed by atoms with E-state index in [-0.39, 0.29) is 11.3 Å². The fourth-order valence-corrected chi connectivity index (χ4v) is 1.35. The van der Waals surface area contributed by atoms with Gasteiger partial charge >= 0.3 is 5.97 Å². The second-order valence-corrected chi connectivity index (χ2v) is 3.28. The number of carboxylic acid groups (broad SMARTS) is 1. The Morgan fingerprint density at radius 1 is 1.47 bits per heavy atom. The minimum absolute atomic E-state index is 0.0668. The lowest BCUT2D eigenvalue weighted by atomic mass is 10.1. The number of nitrogens with zero attached hydrogens (tertiary/aromatic N) is 2. The van der Waals surface area contributed by atoms with Gasteiger partial charge in [0.25, 0.3) is 0 Å². The summed E-state index contributed by atoms with van der Waals surface area (Å²) in [5, 5.41) is 23.5. The molecule has 6 heteroatoms. The van der Waals surface area contributed by atoms with Gasteiger partial charge < -0.3 is 5.11 Å². The van der Waals surface area contributed by atoms with Gasteiger partial charge in [-0.2, -0.15) is 10.4 Å². The third-order valence-electron chi connectivity index (χ3n) is 2.19. The van der Waals surface area contributed by atoms with E-state index in [9.17, 15) is 9.18 Å². The molecule has 0 aliphatic carbocycles. The maximum atomic E-state index is 13.1. The minimum Gasteiger partial charge on any atom is -0.477 e. The highest BCUT2D eigenvalue weighted by Crippen LogP contribution is 2.20. The van der Waals surface area contributed by atoms with Crippen LogP contribution >= 0.6 is 0 Å². The summed E-state index contributed by atoms with van der Waals surface area (Å²) < 4.78 is 13.1. The number of nitriles is 1. The molecule has 0 amide bonds. The van der Waals surface area contributed by atoms with Gasteiger partial charge in [0.2, 0.25) is 0 Å². The number of nitrogens with one attached hydrogen (secondary N) is 1. The van der Waals surface area contributed by atoms with E-state index in [4.69, 9.17) is 10.4 Å². The number of hydrogen-bond acceptors (Lipinski definition) is 3. The normalized spacial score (nSPS) is 9.88. The molecule has 0 radical (unpaired) electrons. The SMILES string of the molecule is N#Cc1cc(-c2cc(C(=O)O)[nH]n2)ccc1F. The van der Waals surface area contributed by atoms with Crippen LogP contribution < -0.4 is 0 Å². The number of hydrogen-bond donors (Lipinski definition) is 2. The highest BCUT2D eigenvalue weighted by molar-refractivity contribution is 5.86. The minimum atomic E-state index is -1.13. The van der Waals surface area contributed by atoms with Gasteiger partial charge in [0.15, 0.2) is 0 Å². The molecule has 0 saturated heterocycles.